The lowest BCUT2D eigenvalue weighted by molar-refractivity contribution is -0.134. The molecule has 0 fully saturated rings. The maximum Gasteiger partial charge on any atom is 0.247 e. The summed E-state index contributed by atoms with van der Waals surface area (Å²) < 4.78 is 0. The summed E-state index contributed by atoms with van der Waals surface area (Å²) in [6.07, 6.45) is 2.04. The van der Waals surface area contributed by atoms with Crippen molar-refractivity contribution in [2.75, 3.05) is 23.7 Å². The number of rotatable bonds is 9. The summed E-state index contributed by atoms with van der Waals surface area (Å²) in [5, 5.41) is 6.01. The SMILES string of the molecule is C=CC(=O)Nc1cccc(CC(=O)N(CCC)CC(=O)Nc2ccc(Cl)cc2)c1. The summed E-state index contributed by atoms with van der Waals surface area (Å²) in [7, 11) is 0. The fourth-order valence-corrected chi connectivity index (χ4v) is 2.83. The van der Waals surface area contributed by atoms with Crippen molar-refractivity contribution in [2.45, 2.75) is 19.8 Å². The van der Waals surface area contributed by atoms with Crippen LogP contribution in [0.2, 0.25) is 5.02 Å². The van der Waals surface area contributed by atoms with Crippen molar-refractivity contribution in [1.29, 1.82) is 0 Å². The molecule has 0 aliphatic heterocycles. The van der Waals surface area contributed by atoms with Crippen LogP contribution in [-0.4, -0.2) is 35.7 Å². The minimum Gasteiger partial charge on any atom is -0.333 e. The third-order valence-corrected chi connectivity index (χ3v) is 4.30. The van der Waals surface area contributed by atoms with Crippen LogP contribution >= 0.6 is 11.6 Å². The van der Waals surface area contributed by atoms with Crippen molar-refractivity contribution in [2.24, 2.45) is 0 Å². The van der Waals surface area contributed by atoms with E-state index in [0.717, 1.165) is 12.0 Å². The molecule has 29 heavy (non-hydrogen) atoms. The van der Waals surface area contributed by atoms with E-state index in [1.807, 2.05) is 6.92 Å². The van der Waals surface area contributed by atoms with Gasteiger partial charge in [0.05, 0.1) is 13.0 Å². The van der Waals surface area contributed by atoms with E-state index < -0.39 is 0 Å². The van der Waals surface area contributed by atoms with E-state index in [2.05, 4.69) is 17.2 Å². The van der Waals surface area contributed by atoms with Gasteiger partial charge in [-0.25, -0.2) is 0 Å². The van der Waals surface area contributed by atoms with Gasteiger partial charge in [0.15, 0.2) is 0 Å². The molecule has 0 bridgehead atoms. The van der Waals surface area contributed by atoms with Crippen LogP contribution in [0, 0.1) is 0 Å². The molecular formula is C22H24ClN3O3. The molecule has 2 rings (SSSR count). The third kappa shape index (κ3) is 7.43. The Balaban J connectivity index is 2.00. The number of hydrogen-bond acceptors (Lipinski definition) is 3. The van der Waals surface area contributed by atoms with Gasteiger partial charge >= 0.3 is 0 Å². The molecule has 152 valence electrons. The molecule has 0 aliphatic rings. The molecule has 0 unspecified atom stereocenters. The van der Waals surface area contributed by atoms with Gasteiger partial charge in [-0.1, -0.05) is 37.2 Å². The number of nitrogens with zero attached hydrogens (tertiary/aromatic N) is 1. The largest absolute Gasteiger partial charge is 0.333 e. The van der Waals surface area contributed by atoms with E-state index in [0.29, 0.717) is 22.9 Å². The smallest absolute Gasteiger partial charge is 0.247 e. The van der Waals surface area contributed by atoms with Crippen molar-refractivity contribution in [3.05, 3.63) is 71.8 Å². The molecule has 0 atom stereocenters. The van der Waals surface area contributed by atoms with Crippen LogP contribution in [0.4, 0.5) is 11.4 Å². The first-order valence-electron chi connectivity index (χ1n) is 9.26. The van der Waals surface area contributed by atoms with Gasteiger partial charge in [-0.15, -0.1) is 0 Å². The van der Waals surface area contributed by atoms with Gasteiger partial charge in [-0.05, 0) is 54.5 Å². The van der Waals surface area contributed by atoms with E-state index >= 15 is 0 Å². The molecule has 3 amide bonds. The average Bonchev–Trinajstić information content (AvgIpc) is 2.69. The number of anilines is 2. The second-order valence-electron chi connectivity index (χ2n) is 6.44. The number of benzene rings is 2. The van der Waals surface area contributed by atoms with Crippen LogP contribution in [-0.2, 0) is 20.8 Å². The van der Waals surface area contributed by atoms with Crippen LogP contribution in [0.5, 0.6) is 0 Å². The Morgan fingerprint density at radius 3 is 2.45 bits per heavy atom. The summed E-state index contributed by atoms with van der Waals surface area (Å²) >= 11 is 5.85. The van der Waals surface area contributed by atoms with E-state index in [4.69, 9.17) is 11.6 Å². The Morgan fingerprint density at radius 2 is 1.79 bits per heavy atom. The Bertz CT molecular complexity index is 881. The highest BCUT2D eigenvalue weighted by Gasteiger charge is 2.17. The highest BCUT2D eigenvalue weighted by molar-refractivity contribution is 6.30. The number of hydrogen-bond donors (Lipinski definition) is 2. The highest BCUT2D eigenvalue weighted by atomic mass is 35.5. The van der Waals surface area contributed by atoms with Crippen LogP contribution in [0.1, 0.15) is 18.9 Å². The second kappa shape index (κ2) is 11.0. The molecule has 0 saturated carbocycles. The number of nitrogens with one attached hydrogen (secondary N) is 2. The number of carbonyl (C=O) groups is 3. The maximum absolute atomic E-state index is 12.7. The molecule has 0 heterocycles. The predicted molar refractivity (Wildman–Crippen MR) is 116 cm³/mol. The topological polar surface area (TPSA) is 78.5 Å². The molecule has 2 aromatic carbocycles. The molecule has 0 aromatic heterocycles. The van der Waals surface area contributed by atoms with Gasteiger partial charge in [-0.2, -0.15) is 0 Å². The molecular weight excluding hydrogens is 390 g/mol. The first-order chi connectivity index (χ1) is 13.9. The predicted octanol–water partition coefficient (Wildman–Crippen LogP) is 3.88. The Labute approximate surface area is 175 Å². The zero-order valence-corrected chi connectivity index (χ0v) is 17.0. The third-order valence-electron chi connectivity index (χ3n) is 4.04. The fourth-order valence-electron chi connectivity index (χ4n) is 2.71. The number of halogens is 1. The normalized spacial score (nSPS) is 10.1. The van der Waals surface area contributed by atoms with Gasteiger partial charge in [0.2, 0.25) is 17.7 Å². The van der Waals surface area contributed by atoms with Gasteiger partial charge in [-0.3, -0.25) is 14.4 Å². The Hall–Kier alpha value is -3.12. The van der Waals surface area contributed by atoms with E-state index in [-0.39, 0.29) is 30.7 Å². The lowest BCUT2D eigenvalue weighted by Crippen LogP contribution is -2.39. The Kier molecular flexibility index (Phi) is 8.43. The Morgan fingerprint density at radius 1 is 1.07 bits per heavy atom. The van der Waals surface area contributed by atoms with Crippen molar-refractivity contribution < 1.29 is 14.4 Å². The van der Waals surface area contributed by atoms with E-state index in [1.165, 1.54) is 11.0 Å². The van der Waals surface area contributed by atoms with Crippen molar-refractivity contribution >= 4 is 40.7 Å². The fraction of sp³-hybridized carbons (Fsp3) is 0.227. The van der Waals surface area contributed by atoms with Crippen LogP contribution in [0.15, 0.2) is 61.2 Å². The summed E-state index contributed by atoms with van der Waals surface area (Å²) in [6.45, 7) is 5.80. The van der Waals surface area contributed by atoms with E-state index in [1.54, 1.807) is 48.5 Å². The van der Waals surface area contributed by atoms with Crippen LogP contribution in [0.3, 0.4) is 0 Å². The molecule has 2 aromatic rings. The van der Waals surface area contributed by atoms with Crippen LogP contribution in [0.25, 0.3) is 0 Å². The molecule has 6 nitrogen and oxygen atoms in total. The van der Waals surface area contributed by atoms with Gasteiger partial charge in [0.1, 0.15) is 0 Å². The minimum absolute atomic E-state index is 0.0395. The summed E-state index contributed by atoms with van der Waals surface area (Å²) in [4.78, 5) is 38.1. The number of carbonyl (C=O) groups excluding carboxylic acids is 3. The molecule has 0 saturated heterocycles. The molecule has 7 heteroatoms. The standard InChI is InChI=1S/C22H24ClN3O3/c1-3-12-26(15-21(28)24-18-10-8-17(23)9-11-18)22(29)14-16-6-5-7-19(13-16)25-20(27)4-2/h4-11,13H,2-3,12,14-15H2,1H3,(H,24,28)(H,25,27). The lowest BCUT2D eigenvalue weighted by atomic mass is 10.1. The second-order valence-corrected chi connectivity index (χ2v) is 6.88. The summed E-state index contributed by atoms with van der Waals surface area (Å²) in [6, 6.07) is 13.8. The highest BCUT2D eigenvalue weighted by Crippen LogP contribution is 2.14. The van der Waals surface area contributed by atoms with Crippen molar-refractivity contribution in [3.63, 3.8) is 0 Å². The first-order valence-corrected chi connectivity index (χ1v) is 9.64. The molecule has 2 N–H and O–H groups in total. The lowest BCUT2D eigenvalue weighted by Gasteiger charge is -2.22. The summed E-state index contributed by atoms with van der Waals surface area (Å²) in [5.74, 6) is -0.758. The molecule has 0 spiro atoms. The van der Waals surface area contributed by atoms with Gasteiger partial charge < -0.3 is 15.5 Å². The van der Waals surface area contributed by atoms with Gasteiger partial charge in [0, 0.05) is 22.9 Å². The maximum atomic E-state index is 12.7. The zero-order chi connectivity index (χ0) is 21.2. The van der Waals surface area contributed by atoms with E-state index in [9.17, 15) is 14.4 Å². The monoisotopic (exact) mass is 413 g/mol. The van der Waals surface area contributed by atoms with Gasteiger partial charge in [0.25, 0.3) is 0 Å². The molecule has 0 aliphatic carbocycles. The minimum atomic E-state index is -0.319. The number of amides is 3. The van der Waals surface area contributed by atoms with Crippen molar-refractivity contribution in [1.82, 2.24) is 4.90 Å². The van der Waals surface area contributed by atoms with Crippen LogP contribution < -0.4 is 10.6 Å². The first kappa shape index (κ1) is 22.2. The quantitative estimate of drug-likeness (QED) is 0.612. The summed E-state index contributed by atoms with van der Waals surface area (Å²) in [5.41, 5.74) is 1.95. The zero-order valence-electron chi connectivity index (χ0n) is 16.3. The average molecular weight is 414 g/mol. The molecule has 0 radical (unpaired) electrons. The van der Waals surface area contributed by atoms with Crippen molar-refractivity contribution in [3.8, 4) is 0 Å².